The highest BCUT2D eigenvalue weighted by Crippen LogP contribution is 2.36. The van der Waals surface area contributed by atoms with Gasteiger partial charge in [-0.15, -0.1) is 0 Å². The average molecular weight is 434 g/mol. The first kappa shape index (κ1) is 23.4. The van der Waals surface area contributed by atoms with Crippen molar-refractivity contribution in [3.63, 3.8) is 0 Å². The third-order valence-corrected chi connectivity index (χ3v) is 10.7. The molecule has 3 rings (SSSR count). The molecule has 0 amide bonds. The molecule has 3 aromatic rings. The quantitative estimate of drug-likeness (QED) is 0.378. The molecule has 3 aromatic carbocycles. The molecule has 31 heavy (non-hydrogen) atoms. The van der Waals surface area contributed by atoms with Crippen molar-refractivity contribution in [3.05, 3.63) is 96.6 Å². The maximum Gasteiger partial charge on any atom is 0.261 e. The van der Waals surface area contributed by atoms with Gasteiger partial charge in [0.05, 0.1) is 6.61 Å². The van der Waals surface area contributed by atoms with Gasteiger partial charge >= 0.3 is 0 Å². The van der Waals surface area contributed by atoms with E-state index in [1.54, 1.807) is 0 Å². The summed E-state index contributed by atoms with van der Waals surface area (Å²) < 4.78 is 12.7. The van der Waals surface area contributed by atoms with Crippen LogP contribution in [0.3, 0.4) is 0 Å². The topological polar surface area (TPSA) is 44.5 Å². The second-order valence-corrected chi connectivity index (χ2v) is 13.4. The van der Waals surface area contributed by atoms with Crippen molar-refractivity contribution in [3.8, 4) is 0 Å². The summed E-state index contributed by atoms with van der Waals surface area (Å²) in [4.78, 5) is 0. The fraction of sp³-hybridized carbons (Fsp3) is 0.333. The van der Waals surface area contributed by atoms with E-state index in [0.29, 0.717) is 19.8 Å². The Hall–Kier alpha value is -2.24. The molecule has 0 saturated carbocycles. The molecule has 0 unspecified atom stereocenters. The van der Waals surface area contributed by atoms with Crippen molar-refractivity contribution in [1.29, 1.82) is 0 Å². The first-order valence-corrected chi connectivity index (χ1v) is 13.0. The molecule has 0 aliphatic heterocycles. The van der Waals surface area contributed by atoms with E-state index in [1.165, 1.54) is 15.9 Å². The van der Waals surface area contributed by atoms with E-state index in [-0.39, 0.29) is 11.1 Å². The highest BCUT2D eigenvalue weighted by Gasteiger charge is 2.50. The van der Waals surface area contributed by atoms with Gasteiger partial charge in [0.1, 0.15) is 0 Å². The summed E-state index contributed by atoms with van der Waals surface area (Å²) in [6.07, 6.45) is 0.769. The number of ether oxygens (including phenoxy) is 1. The van der Waals surface area contributed by atoms with Crippen molar-refractivity contribution in [2.45, 2.75) is 44.9 Å². The SMILES string of the molecule is CC(C)(C)[Si](OC[C@@H](N)CCOCc1ccccc1)(c1ccccc1)c1ccccc1. The van der Waals surface area contributed by atoms with Gasteiger partial charge in [-0.1, -0.05) is 112 Å². The van der Waals surface area contributed by atoms with Gasteiger partial charge in [0, 0.05) is 19.3 Å². The lowest BCUT2D eigenvalue weighted by molar-refractivity contribution is 0.108. The Labute approximate surface area is 188 Å². The number of rotatable bonds is 10. The van der Waals surface area contributed by atoms with E-state index in [2.05, 4.69) is 93.6 Å². The summed E-state index contributed by atoms with van der Waals surface area (Å²) in [5, 5.41) is 2.52. The smallest absolute Gasteiger partial charge is 0.261 e. The number of hydrogen-bond acceptors (Lipinski definition) is 3. The Kier molecular flexibility index (Phi) is 8.21. The van der Waals surface area contributed by atoms with Crippen LogP contribution in [-0.2, 0) is 15.8 Å². The van der Waals surface area contributed by atoms with Crippen LogP contribution in [0.4, 0.5) is 0 Å². The van der Waals surface area contributed by atoms with E-state index in [0.717, 1.165) is 6.42 Å². The zero-order valence-electron chi connectivity index (χ0n) is 19.0. The second-order valence-electron chi connectivity index (χ2n) is 9.06. The van der Waals surface area contributed by atoms with Gasteiger partial charge in [0.25, 0.3) is 8.32 Å². The Morgan fingerprint density at radius 1 is 0.774 bits per heavy atom. The van der Waals surface area contributed by atoms with Crippen LogP contribution in [0.5, 0.6) is 0 Å². The van der Waals surface area contributed by atoms with E-state index in [1.807, 2.05) is 18.2 Å². The van der Waals surface area contributed by atoms with Gasteiger partial charge in [-0.2, -0.15) is 0 Å². The summed E-state index contributed by atoms with van der Waals surface area (Å²) in [6.45, 7) is 8.61. The zero-order chi connectivity index (χ0) is 22.2. The highest BCUT2D eigenvalue weighted by molar-refractivity contribution is 6.99. The minimum absolute atomic E-state index is 0.0424. The first-order chi connectivity index (χ1) is 14.9. The van der Waals surface area contributed by atoms with Crippen LogP contribution >= 0.6 is 0 Å². The summed E-state index contributed by atoms with van der Waals surface area (Å²) in [5.74, 6) is 0. The second kappa shape index (κ2) is 10.9. The lowest BCUT2D eigenvalue weighted by Crippen LogP contribution is -2.67. The molecule has 0 saturated heterocycles. The van der Waals surface area contributed by atoms with Crippen molar-refractivity contribution >= 4 is 18.7 Å². The van der Waals surface area contributed by atoms with Crippen LogP contribution < -0.4 is 16.1 Å². The molecular weight excluding hydrogens is 398 g/mol. The zero-order valence-corrected chi connectivity index (χ0v) is 20.0. The molecule has 0 fully saturated rings. The lowest BCUT2D eigenvalue weighted by atomic mass is 10.2. The van der Waals surface area contributed by atoms with Crippen LogP contribution in [-0.4, -0.2) is 27.6 Å². The molecule has 0 spiro atoms. The minimum Gasteiger partial charge on any atom is -0.406 e. The molecule has 4 heteroatoms. The van der Waals surface area contributed by atoms with Gasteiger partial charge in [0.2, 0.25) is 0 Å². The molecule has 0 aliphatic carbocycles. The largest absolute Gasteiger partial charge is 0.406 e. The van der Waals surface area contributed by atoms with E-state index in [9.17, 15) is 0 Å². The molecule has 0 heterocycles. The predicted molar refractivity (Wildman–Crippen MR) is 132 cm³/mol. The Bertz CT molecular complexity index is 855. The van der Waals surface area contributed by atoms with Crippen molar-refractivity contribution in [2.24, 2.45) is 5.73 Å². The van der Waals surface area contributed by atoms with Crippen molar-refractivity contribution < 1.29 is 9.16 Å². The summed E-state index contributed by atoms with van der Waals surface area (Å²) in [7, 11) is -2.53. The fourth-order valence-electron chi connectivity index (χ4n) is 4.08. The monoisotopic (exact) mass is 433 g/mol. The highest BCUT2D eigenvalue weighted by atomic mass is 28.4. The summed E-state index contributed by atoms with van der Waals surface area (Å²) in [6, 6.07) is 31.5. The normalized spacial score (nSPS) is 13.2. The van der Waals surface area contributed by atoms with Gasteiger partial charge in [-0.05, 0) is 27.4 Å². The standard InChI is InChI=1S/C27H35NO2Si/c1-27(2,3)31(25-15-9-5-10-16-25,26-17-11-6-12-18-26)30-22-24(28)19-20-29-21-23-13-7-4-8-14-23/h4-18,24H,19-22,28H2,1-3H3/t24-/m0/s1. The molecule has 0 radical (unpaired) electrons. The van der Waals surface area contributed by atoms with Crippen LogP contribution in [0, 0.1) is 0 Å². The first-order valence-electron chi connectivity index (χ1n) is 11.1. The van der Waals surface area contributed by atoms with E-state index < -0.39 is 8.32 Å². The number of benzene rings is 3. The Morgan fingerprint density at radius 2 is 1.26 bits per heavy atom. The van der Waals surface area contributed by atoms with Crippen molar-refractivity contribution in [1.82, 2.24) is 0 Å². The molecule has 0 aromatic heterocycles. The fourth-order valence-corrected chi connectivity index (χ4v) is 8.70. The molecular formula is C27H35NO2Si. The molecule has 1 atom stereocenters. The predicted octanol–water partition coefficient (Wildman–Crippen LogP) is 4.50. The summed E-state index contributed by atoms with van der Waals surface area (Å²) >= 11 is 0. The van der Waals surface area contributed by atoms with Crippen LogP contribution in [0.15, 0.2) is 91.0 Å². The summed E-state index contributed by atoms with van der Waals surface area (Å²) in [5.41, 5.74) is 7.66. The van der Waals surface area contributed by atoms with E-state index in [4.69, 9.17) is 14.9 Å². The van der Waals surface area contributed by atoms with Crippen LogP contribution in [0.1, 0.15) is 32.8 Å². The van der Waals surface area contributed by atoms with Crippen LogP contribution in [0.25, 0.3) is 0 Å². The molecule has 3 nitrogen and oxygen atoms in total. The molecule has 0 bridgehead atoms. The molecule has 0 aliphatic rings. The van der Waals surface area contributed by atoms with Gasteiger partial charge in [-0.3, -0.25) is 0 Å². The minimum atomic E-state index is -2.53. The number of nitrogens with two attached hydrogens (primary N) is 1. The van der Waals surface area contributed by atoms with Gasteiger partial charge in [-0.25, -0.2) is 0 Å². The maximum absolute atomic E-state index is 6.90. The van der Waals surface area contributed by atoms with Crippen molar-refractivity contribution in [2.75, 3.05) is 13.2 Å². The third-order valence-electron chi connectivity index (χ3n) is 5.68. The average Bonchev–Trinajstić information content (AvgIpc) is 2.78. The Morgan fingerprint density at radius 3 is 1.74 bits per heavy atom. The maximum atomic E-state index is 6.90. The molecule has 2 N–H and O–H groups in total. The van der Waals surface area contributed by atoms with Gasteiger partial charge in [0.15, 0.2) is 0 Å². The van der Waals surface area contributed by atoms with Gasteiger partial charge < -0.3 is 14.9 Å². The lowest BCUT2D eigenvalue weighted by Gasteiger charge is -2.43. The molecule has 164 valence electrons. The van der Waals surface area contributed by atoms with Crippen LogP contribution in [0.2, 0.25) is 5.04 Å². The third kappa shape index (κ3) is 5.92. The van der Waals surface area contributed by atoms with E-state index >= 15 is 0 Å². The number of hydrogen-bond donors (Lipinski definition) is 1. The Balaban J connectivity index is 1.70.